The van der Waals surface area contributed by atoms with Crippen LogP contribution in [-0.4, -0.2) is 74.8 Å². The summed E-state index contributed by atoms with van der Waals surface area (Å²) in [6.45, 7) is -0.484. The fourth-order valence-electron chi connectivity index (χ4n) is 2.10. The van der Waals surface area contributed by atoms with Gasteiger partial charge in [-0.2, -0.15) is 0 Å². The summed E-state index contributed by atoms with van der Waals surface area (Å²) < 4.78 is 6.50. The number of imidazole rings is 1. The second kappa shape index (κ2) is 6.36. The maximum atomic E-state index is 11.6. The molecule has 0 aliphatic carbocycles. The van der Waals surface area contributed by atoms with Crippen LogP contribution < -0.4 is 5.73 Å². The summed E-state index contributed by atoms with van der Waals surface area (Å²) >= 11 is 0. The number of ether oxygens (including phenoxy) is 1. The van der Waals surface area contributed by atoms with Crippen molar-refractivity contribution >= 4 is 11.7 Å². The van der Waals surface area contributed by atoms with Crippen molar-refractivity contribution in [2.75, 3.05) is 20.7 Å². The molecule has 11 heteroatoms. The highest BCUT2D eigenvalue weighted by atomic mass is 16.6. The number of primary amides is 1. The molecule has 122 valence electrons. The van der Waals surface area contributed by atoms with Crippen LogP contribution in [0.3, 0.4) is 0 Å². The first-order valence-corrected chi connectivity index (χ1v) is 6.44. The molecule has 11 nitrogen and oxygen atoms in total. The molecule has 1 saturated heterocycles. The number of carbonyl (C=O) groups is 1. The third kappa shape index (κ3) is 2.92. The van der Waals surface area contributed by atoms with Crippen molar-refractivity contribution in [1.29, 1.82) is 0 Å². The highest BCUT2D eigenvalue weighted by Crippen LogP contribution is 2.32. The molecule has 0 radical (unpaired) electrons. The fourth-order valence-corrected chi connectivity index (χ4v) is 2.10. The van der Waals surface area contributed by atoms with E-state index in [-0.39, 0.29) is 11.5 Å². The summed E-state index contributed by atoms with van der Waals surface area (Å²) in [5.74, 6) is -0.887. The Hall–Kier alpha value is -2.08. The van der Waals surface area contributed by atoms with Crippen molar-refractivity contribution in [3.63, 3.8) is 0 Å². The molecule has 0 bridgehead atoms. The predicted molar refractivity (Wildman–Crippen MR) is 72.0 cm³/mol. The zero-order valence-corrected chi connectivity index (χ0v) is 12.1. The topological polar surface area (TPSA) is 159 Å². The van der Waals surface area contributed by atoms with E-state index in [1.54, 1.807) is 14.1 Å². The van der Waals surface area contributed by atoms with Crippen molar-refractivity contribution < 1.29 is 24.9 Å². The maximum absolute atomic E-state index is 11.6. The van der Waals surface area contributed by atoms with E-state index in [1.807, 2.05) is 0 Å². The molecule has 1 amide bonds. The Morgan fingerprint density at radius 2 is 2.18 bits per heavy atom. The maximum Gasteiger partial charge on any atom is 0.269 e. The molecule has 2 rings (SSSR count). The number of aliphatic hydroxyl groups is 3. The summed E-state index contributed by atoms with van der Waals surface area (Å²) in [6, 6.07) is 0. The van der Waals surface area contributed by atoms with Crippen molar-refractivity contribution in [1.82, 2.24) is 14.6 Å². The van der Waals surface area contributed by atoms with Gasteiger partial charge in [-0.1, -0.05) is 5.22 Å². The molecule has 22 heavy (non-hydrogen) atoms. The molecule has 2 heterocycles. The normalized spacial score (nSPS) is 28.4. The molecular formula is C11H18N6O5. The molecule has 5 N–H and O–H groups in total. The lowest BCUT2D eigenvalue weighted by molar-refractivity contribution is -0.0534. The minimum atomic E-state index is -1.36. The van der Waals surface area contributed by atoms with E-state index in [2.05, 4.69) is 15.3 Å². The van der Waals surface area contributed by atoms with E-state index in [1.165, 1.54) is 11.3 Å². The van der Waals surface area contributed by atoms with Crippen LogP contribution in [0.1, 0.15) is 16.7 Å². The molecule has 0 aromatic carbocycles. The molecule has 1 aromatic rings. The average Bonchev–Trinajstić information content (AvgIpc) is 2.99. The Labute approximate surface area is 125 Å². The average molecular weight is 314 g/mol. The molecule has 0 saturated carbocycles. The lowest BCUT2D eigenvalue weighted by Gasteiger charge is -2.17. The van der Waals surface area contributed by atoms with Crippen LogP contribution in [0.2, 0.25) is 0 Å². The van der Waals surface area contributed by atoms with Crippen molar-refractivity contribution in [3.8, 4) is 0 Å². The molecule has 0 spiro atoms. The van der Waals surface area contributed by atoms with Gasteiger partial charge in [-0.25, -0.2) is 4.98 Å². The highest BCUT2D eigenvalue weighted by Gasteiger charge is 2.44. The minimum absolute atomic E-state index is 0.0426. The first-order valence-electron chi connectivity index (χ1n) is 6.44. The number of aromatic nitrogens is 2. The molecule has 4 unspecified atom stereocenters. The first kappa shape index (κ1) is 16.3. The lowest BCUT2D eigenvalue weighted by atomic mass is 10.1. The van der Waals surface area contributed by atoms with Gasteiger partial charge in [0.25, 0.3) is 5.91 Å². The lowest BCUT2D eigenvalue weighted by Crippen LogP contribution is -2.33. The summed E-state index contributed by atoms with van der Waals surface area (Å²) in [5, 5.41) is 37.8. The number of nitrogens with two attached hydrogens (primary N) is 1. The van der Waals surface area contributed by atoms with Crippen LogP contribution >= 0.6 is 0 Å². The standard InChI is InChI=1S/C11H18N6O5/c1-16(2)15-14-10-6(9(12)21)17(4-13-10)11-8(20)7(19)5(3-18)22-11/h4-5,7-8,11,18-20H,3H2,1-2H3,(H2,12,21)/b15-14+. The summed E-state index contributed by atoms with van der Waals surface area (Å²) in [7, 11) is 3.27. The second-order valence-electron chi connectivity index (χ2n) is 4.95. The van der Waals surface area contributed by atoms with Crippen LogP contribution in [0.15, 0.2) is 16.7 Å². The van der Waals surface area contributed by atoms with Gasteiger partial charge in [0.2, 0.25) is 5.82 Å². The zero-order chi connectivity index (χ0) is 16.4. The Bertz CT molecular complexity index is 573. The van der Waals surface area contributed by atoms with E-state index in [4.69, 9.17) is 15.6 Å². The third-order valence-corrected chi connectivity index (χ3v) is 3.12. The van der Waals surface area contributed by atoms with Crippen molar-refractivity contribution in [3.05, 3.63) is 12.0 Å². The molecule has 1 fully saturated rings. The molecule has 1 aliphatic heterocycles. The van der Waals surface area contributed by atoms with Gasteiger partial charge in [0.1, 0.15) is 24.6 Å². The third-order valence-electron chi connectivity index (χ3n) is 3.12. The largest absolute Gasteiger partial charge is 0.394 e. The van der Waals surface area contributed by atoms with E-state index >= 15 is 0 Å². The minimum Gasteiger partial charge on any atom is -0.394 e. The van der Waals surface area contributed by atoms with E-state index in [9.17, 15) is 15.0 Å². The number of hydrogen-bond donors (Lipinski definition) is 4. The van der Waals surface area contributed by atoms with Gasteiger partial charge in [-0.15, -0.1) is 5.11 Å². The number of nitrogens with zero attached hydrogens (tertiary/aromatic N) is 5. The summed E-state index contributed by atoms with van der Waals surface area (Å²) in [5.41, 5.74) is 5.19. The monoisotopic (exact) mass is 314 g/mol. The Kier molecular flexibility index (Phi) is 4.71. The highest BCUT2D eigenvalue weighted by molar-refractivity contribution is 5.95. The van der Waals surface area contributed by atoms with E-state index < -0.39 is 37.1 Å². The van der Waals surface area contributed by atoms with Crippen LogP contribution in [0.5, 0.6) is 0 Å². The number of carbonyl (C=O) groups excluding carboxylic acids is 1. The van der Waals surface area contributed by atoms with Crippen molar-refractivity contribution in [2.45, 2.75) is 24.5 Å². The Balaban J connectivity index is 2.38. The van der Waals surface area contributed by atoms with Gasteiger partial charge in [-0.3, -0.25) is 14.4 Å². The Morgan fingerprint density at radius 3 is 2.68 bits per heavy atom. The fraction of sp³-hybridized carbons (Fsp3) is 0.636. The van der Waals surface area contributed by atoms with Gasteiger partial charge in [-0.05, 0) is 0 Å². The zero-order valence-electron chi connectivity index (χ0n) is 12.1. The number of aliphatic hydroxyl groups excluding tert-OH is 3. The van der Waals surface area contributed by atoms with Crippen LogP contribution in [0, 0.1) is 0 Å². The number of amides is 1. The van der Waals surface area contributed by atoms with Gasteiger partial charge in [0.05, 0.1) is 6.61 Å². The van der Waals surface area contributed by atoms with Gasteiger partial charge in [0, 0.05) is 14.1 Å². The van der Waals surface area contributed by atoms with Crippen LogP contribution in [0.4, 0.5) is 5.82 Å². The number of rotatable bonds is 5. The molecular weight excluding hydrogens is 296 g/mol. The molecule has 1 aliphatic rings. The van der Waals surface area contributed by atoms with Crippen molar-refractivity contribution in [2.24, 2.45) is 16.1 Å². The Morgan fingerprint density at radius 1 is 1.50 bits per heavy atom. The van der Waals surface area contributed by atoms with Gasteiger partial charge < -0.3 is 25.8 Å². The molecule has 4 atom stereocenters. The van der Waals surface area contributed by atoms with E-state index in [0.717, 1.165) is 4.57 Å². The smallest absolute Gasteiger partial charge is 0.269 e. The SMILES string of the molecule is CN(C)/N=N/c1ncn(C2OC(CO)C(O)C2O)c1C(N)=O. The van der Waals surface area contributed by atoms with Gasteiger partial charge >= 0.3 is 0 Å². The predicted octanol–water partition coefficient (Wildman–Crippen LogP) is -1.85. The molecule has 1 aromatic heterocycles. The first-order chi connectivity index (χ1) is 10.4. The quantitative estimate of drug-likeness (QED) is 0.367. The van der Waals surface area contributed by atoms with Crippen LogP contribution in [0.25, 0.3) is 0 Å². The summed E-state index contributed by atoms with van der Waals surface area (Å²) in [6.07, 6.45) is -3.56. The van der Waals surface area contributed by atoms with E-state index in [0.29, 0.717) is 0 Å². The second-order valence-corrected chi connectivity index (χ2v) is 4.95. The van der Waals surface area contributed by atoms with Crippen LogP contribution in [-0.2, 0) is 4.74 Å². The summed E-state index contributed by atoms with van der Waals surface area (Å²) in [4.78, 5) is 15.5. The van der Waals surface area contributed by atoms with Gasteiger partial charge in [0.15, 0.2) is 11.9 Å². The number of hydrogen-bond acceptors (Lipinski definition) is 8.